The van der Waals surface area contributed by atoms with Crippen LogP contribution in [0.4, 0.5) is 5.69 Å². The SMILES string of the molecule is Cn1cnc2ncn(Cc3ncno3)c(=O)c21.N#Cc1ccc(N2C[C@H]3C[C@H]3C2)cc1. The number of imidazole rings is 1. The van der Waals surface area contributed by atoms with E-state index < -0.39 is 0 Å². The van der Waals surface area contributed by atoms with Crippen molar-refractivity contribution in [2.45, 2.75) is 13.0 Å². The predicted octanol–water partition coefficient (Wildman–Crippen LogP) is 1.58. The lowest BCUT2D eigenvalue weighted by molar-refractivity contribution is 0.368. The van der Waals surface area contributed by atoms with Crippen LogP contribution in [0.5, 0.6) is 0 Å². The van der Waals surface area contributed by atoms with Gasteiger partial charge in [-0.2, -0.15) is 10.2 Å². The Bertz CT molecular complexity index is 1290. The highest BCUT2D eigenvalue weighted by molar-refractivity contribution is 5.68. The zero-order valence-electron chi connectivity index (χ0n) is 16.9. The molecule has 1 aromatic carbocycles. The lowest BCUT2D eigenvalue weighted by Gasteiger charge is -2.19. The molecular weight excluding hydrogens is 396 g/mol. The third-order valence-electron chi connectivity index (χ3n) is 5.75. The van der Waals surface area contributed by atoms with Gasteiger partial charge in [-0.3, -0.25) is 9.36 Å². The van der Waals surface area contributed by atoms with Crippen molar-refractivity contribution in [2.24, 2.45) is 18.9 Å². The van der Waals surface area contributed by atoms with Crippen LogP contribution in [-0.4, -0.2) is 42.3 Å². The fraction of sp³-hybridized carbons (Fsp3) is 0.333. The number of fused-ring (bicyclic) bond motifs is 2. The van der Waals surface area contributed by atoms with E-state index in [0.717, 1.165) is 17.4 Å². The van der Waals surface area contributed by atoms with Gasteiger partial charge in [0, 0.05) is 25.8 Å². The normalized spacial score (nSPS) is 18.9. The van der Waals surface area contributed by atoms with Gasteiger partial charge in [0.15, 0.2) is 17.5 Å². The Morgan fingerprint density at radius 2 is 1.87 bits per heavy atom. The van der Waals surface area contributed by atoms with Gasteiger partial charge in [-0.1, -0.05) is 5.16 Å². The highest BCUT2D eigenvalue weighted by Crippen LogP contribution is 2.46. The molecule has 2 atom stereocenters. The first kappa shape index (κ1) is 19.0. The Balaban J connectivity index is 0.000000134. The second kappa shape index (κ2) is 7.68. The second-order valence-electron chi connectivity index (χ2n) is 7.86. The van der Waals surface area contributed by atoms with Crippen LogP contribution in [0, 0.1) is 23.2 Å². The highest BCUT2D eigenvalue weighted by Gasteiger charge is 2.44. The zero-order chi connectivity index (χ0) is 21.4. The molecule has 156 valence electrons. The molecule has 1 saturated carbocycles. The summed E-state index contributed by atoms with van der Waals surface area (Å²) in [6.07, 6.45) is 5.70. The fourth-order valence-electron chi connectivity index (χ4n) is 3.95. The molecule has 1 aliphatic heterocycles. The monoisotopic (exact) mass is 416 g/mol. The molecule has 6 rings (SSSR count). The highest BCUT2D eigenvalue weighted by atomic mass is 16.5. The van der Waals surface area contributed by atoms with Crippen molar-refractivity contribution in [1.82, 2.24) is 29.2 Å². The average molecular weight is 416 g/mol. The Morgan fingerprint density at radius 1 is 1.13 bits per heavy atom. The van der Waals surface area contributed by atoms with Crippen molar-refractivity contribution in [3.8, 4) is 6.07 Å². The molecule has 2 fully saturated rings. The van der Waals surface area contributed by atoms with E-state index in [9.17, 15) is 4.79 Å². The van der Waals surface area contributed by atoms with Gasteiger partial charge in [-0.15, -0.1) is 0 Å². The quantitative estimate of drug-likeness (QED) is 0.494. The van der Waals surface area contributed by atoms with Crippen LogP contribution in [0.25, 0.3) is 11.2 Å². The van der Waals surface area contributed by atoms with Gasteiger partial charge in [-0.05, 0) is 42.5 Å². The molecule has 0 amide bonds. The van der Waals surface area contributed by atoms with Crippen molar-refractivity contribution < 1.29 is 4.52 Å². The molecule has 1 aliphatic carbocycles. The minimum absolute atomic E-state index is 0.187. The third-order valence-corrected chi connectivity index (χ3v) is 5.75. The smallest absolute Gasteiger partial charge is 0.280 e. The minimum Gasteiger partial charge on any atom is -0.371 e. The molecule has 0 spiro atoms. The van der Waals surface area contributed by atoms with Gasteiger partial charge in [0.25, 0.3) is 5.56 Å². The molecule has 4 aromatic rings. The summed E-state index contributed by atoms with van der Waals surface area (Å²) in [5.74, 6) is 2.28. The molecule has 0 radical (unpaired) electrons. The van der Waals surface area contributed by atoms with Crippen molar-refractivity contribution in [3.05, 3.63) is 65.1 Å². The van der Waals surface area contributed by atoms with Gasteiger partial charge in [0.2, 0.25) is 5.89 Å². The van der Waals surface area contributed by atoms with Crippen LogP contribution < -0.4 is 10.5 Å². The van der Waals surface area contributed by atoms with Crippen molar-refractivity contribution in [1.29, 1.82) is 5.26 Å². The second-order valence-corrected chi connectivity index (χ2v) is 7.86. The maximum absolute atomic E-state index is 12.1. The summed E-state index contributed by atoms with van der Waals surface area (Å²) in [5.41, 5.74) is 2.72. The standard InChI is InChI=1S/C12H12N2.C9H8N6O2/c13-6-9-1-3-12(4-2-9)14-7-10-5-11(10)8-14;1-14-4-11-8-7(14)9(16)15(5-12-8)2-6-10-3-13-17-6/h1-4,10-11H,5,7-8H2;3-5H,2H2,1H3/t10-,11+;. The average Bonchev–Trinajstić information content (AvgIpc) is 3.18. The Labute approximate surface area is 177 Å². The summed E-state index contributed by atoms with van der Waals surface area (Å²) in [6.45, 7) is 2.64. The van der Waals surface area contributed by atoms with E-state index in [2.05, 4.69) is 43.2 Å². The fourth-order valence-corrected chi connectivity index (χ4v) is 3.95. The van der Waals surface area contributed by atoms with E-state index in [4.69, 9.17) is 9.78 Å². The number of rotatable bonds is 3. The molecule has 1 saturated heterocycles. The number of piperidine rings is 1. The van der Waals surface area contributed by atoms with Gasteiger partial charge in [0.1, 0.15) is 12.9 Å². The summed E-state index contributed by atoms with van der Waals surface area (Å²) in [5, 5.41) is 12.2. The largest absolute Gasteiger partial charge is 0.371 e. The van der Waals surface area contributed by atoms with E-state index in [-0.39, 0.29) is 12.1 Å². The van der Waals surface area contributed by atoms with Gasteiger partial charge in [-0.25, -0.2) is 9.97 Å². The first-order chi connectivity index (χ1) is 15.1. The molecule has 31 heavy (non-hydrogen) atoms. The number of aromatic nitrogens is 6. The van der Waals surface area contributed by atoms with E-state index in [1.807, 2.05) is 12.1 Å². The maximum atomic E-state index is 12.1. The molecule has 10 nitrogen and oxygen atoms in total. The number of nitriles is 1. The molecule has 0 N–H and O–H groups in total. The molecule has 2 aliphatic rings. The number of benzene rings is 1. The van der Waals surface area contributed by atoms with Crippen LogP contribution in [-0.2, 0) is 13.6 Å². The molecular formula is C21H20N8O2. The summed E-state index contributed by atoms with van der Waals surface area (Å²) >= 11 is 0. The third kappa shape index (κ3) is 3.77. The zero-order valence-corrected chi connectivity index (χ0v) is 16.9. The summed E-state index contributed by atoms with van der Waals surface area (Å²) in [7, 11) is 1.75. The molecule has 0 bridgehead atoms. The van der Waals surface area contributed by atoms with Gasteiger partial charge in [0.05, 0.1) is 18.0 Å². The van der Waals surface area contributed by atoms with E-state index in [0.29, 0.717) is 17.1 Å². The molecule has 10 heteroatoms. The molecule has 0 unspecified atom stereocenters. The number of hydrogen-bond acceptors (Lipinski definition) is 8. The topological polar surface area (TPSA) is 119 Å². The van der Waals surface area contributed by atoms with Gasteiger partial charge < -0.3 is 14.0 Å². The maximum Gasteiger partial charge on any atom is 0.280 e. The Morgan fingerprint density at radius 3 is 2.55 bits per heavy atom. The first-order valence-electron chi connectivity index (χ1n) is 9.99. The summed E-state index contributed by atoms with van der Waals surface area (Å²) in [4.78, 5) is 26.5. The van der Waals surface area contributed by atoms with Crippen LogP contribution >= 0.6 is 0 Å². The van der Waals surface area contributed by atoms with E-state index in [1.54, 1.807) is 17.9 Å². The van der Waals surface area contributed by atoms with E-state index in [1.165, 1.54) is 42.4 Å². The van der Waals surface area contributed by atoms with E-state index >= 15 is 0 Å². The summed E-state index contributed by atoms with van der Waals surface area (Å²) in [6, 6.07) is 10.1. The number of aryl methyl sites for hydroxylation is 1. The minimum atomic E-state index is -0.187. The van der Waals surface area contributed by atoms with Crippen LogP contribution in [0.2, 0.25) is 0 Å². The lowest BCUT2D eigenvalue weighted by atomic mass is 10.2. The first-order valence-corrected chi connectivity index (χ1v) is 9.99. The van der Waals surface area contributed by atoms with Crippen molar-refractivity contribution in [3.63, 3.8) is 0 Å². The molecule has 3 aromatic heterocycles. The number of hydrogen-bond donors (Lipinski definition) is 0. The van der Waals surface area contributed by atoms with Crippen LogP contribution in [0.1, 0.15) is 17.9 Å². The van der Waals surface area contributed by atoms with Crippen molar-refractivity contribution >= 4 is 16.9 Å². The molecule has 4 heterocycles. The van der Waals surface area contributed by atoms with Crippen molar-refractivity contribution in [2.75, 3.05) is 18.0 Å². The van der Waals surface area contributed by atoms with Crippen LogP contribution in [0.15, 0.2) is 52.6 Å². The predicted molar refractivity (Wildman–Crippen MR) is 111 cm³/mol. The number of nitrogens with zero attached hydrogens (tertiary/aromatic N) is 8. The number of anilines is 1. The Hall–Kier alpha value is -4.00. The van der Waals surface area contributed by atoms with Crippen LogP contribution in [0.3, 0.4) is 0 Å². The van der Waals surface area contributed by atoms with Gasteiger partial charge >= 0.3 is 0 Å². The lowest BCUT2D eigenvalue weighted by Crippen LogP contribution is -2.22. The summed E-state index contributed by atoms with van der Waals surface area (Å²) < 4.78 is 7.88. The Kier molecular flexibility index (Phi) is 4.71.